The van der Waals surface area contributed by atoms with E-state index in [1.165, 1.54) is 18.2 Å². The molecule has 0 unspecified atom stereocenters. The zero-order chi connectivity index (χ0) is 25.5. The van der Waals surface area contributed by atoms with Crippen molar-refractivity contribution in [3.05, 3.63) is 70.0 Å². The summed E-state index contributed by atoms with van der Waals surface area (Å²) in [5.74, 6) is 1.11. The van der Waals surface area contributed by atoms with E-state index in [1.807, 2.05) is 17.9 Å². The van der Waals surface area contributed by atoms with E-state index < -0.39 is 4.92 Å². The van der Waals surface area contributed by atoms with Gasteiger partial charge in [-0.15, -0.1) is 0 Å². The highest BCUT2D eigenvalue weighted by Gasteiger charge is 2.21. The Morgan fingerprint density at radius 1 is 1.16 bits per heavy atom. The molecule has 0 radical (unpaired) electrons. The Morgan fingerprint density at radius 3 is 2.78 bits per heavy atom. The first kappa shape index (κ1) is 22.8. The number of hydrogen-bond acceptors (Lipinski definition) is 9. The molecule has 0 amide bonds. The number of aryl methyl sites for hydroxylation is 1. The molecular weight excluding hydrogens is 481 g/mol. The number of benzene rings is 2. The van der Waals surface area contributed by atoms with Crippen molar-refractivity contribution < 1.29 is 14.1 Å². The SMILES string of the molecule is Cc1cc(F)cc(-n2cnc3c(NCc4nc5c([N+](=O)[O-])cccc5[nH]4)nc(N4CCOCC4)nc32)c1. The Kier molecular flexibility index (Phi) is 5.60. The molecule has 2 N–H and O–H groups in total. The molecule has 12 nitrogen and oxygen atoms in total. The molecule has 0 spiro atoms. The normalized spacial score (nSPS) is 13.9. The fraction of sp³-hybridized carbons (Fsp3) is 0.250. The molecule has 5 aromatic rings. The van der Waals surface area contributed by atoms with E-state index in [9.17, 15) is 14.5 Å². The highest BCUT2D eigenvalue weighted by molar-refractivity contribution is 5.86. The van der Waals surface area contributed by atoms with Crippen LogP contribution in [0.25, 0.3) is 27.9 Å². The third-order valence-electron chi connectivity index (χ3n) is 6.14. The van der Waals surface area contributed by atoms with E-state index in [4.69, 9.17) is 14.7 Å². The van der Waals surface area contributed by atoms with Crippen LogP contribution in [0.3, 0.4) is 0 Å². The topological polar surface area (TPSA) is 140 Å². The molecule has 1 aliphatic heterocycles. The summed E-state index contributed by atoms with van der Waals surface area (Å²) in [5, 5.41) is 14.6. The number of nitrogens with one attached hydrogen (secondary N) is 2. The summed E-state index contributed by atoms with van der Waals surface area (Å²) in [7, 11) is 0. The van der Waals surface area contributed by atoms with E-state index in [0.29, 0.717) is 66.3 Å². The molecule has 0 bridgehead atoms. The van der Waals surface area contributed by atoms with Gasteiger partial charge in [0.2, 0.25) is 5.95 Å². The number of hydrogen-bond donors (Lipinski definition) is 2. The molecule has 188 valence electrons. The molecule has 6 rings (SSSR count). The van der Waals surface area contributed by atoms with Crippen molar-refractivity contribution >= 4 is 39.7 Å². The predicted molar refractivity (Wildman–Crippen MR) is 134 cm³/mol. The molecule has 1 saturated heterocycles. The number of aromatic amines is 1. The van der Waals surface area contributed by atoms with Gasteiger partial charge >= 0.3 is 0 Å². The minimum Gasteiger partial charge on any atom is -0.378 e. The average molecular weight is 503 g/mol. The quantitative estimate of drug-likeness (QED) is 0.263. The third kappa shape index (κ3) is 4.29. The van der Waals surface area contributed by atoms with Crippen molar-refractivity contribution in [1.82, 2.24) is 29.5 Å². The number of nitrogens with zero attached hydrogens (tertiary/aromatic N) is 7. The van der Waals surface area contributed by atoms with Crippen LogP contribution in [0.2, 0.25) is 0 Å². The number of nitro benzene ring substituents is 1. The lowest BCUT2D eigenvalue weighted by Gasteiger charge is -2.27. The predicted octanol–water partition coefficient (Wildman–Crippen LogP) is 3.50. The Bertz CT molecular complexity index is 1620. The highest BCUT2D eigenvalue weighted by atomic mass is 19.1. The summed E-state index contributed by atoms with van der Waals surface area (Å²) in [6.45, 7) is 4.42. The monoisotopic (exact) mass is 503 g/mol. The van der Waals surface area contributed by atoms with Crippen LogP contribution in [0.1, 0.15) is 11.4 Å². The van der Waals surface area contributed by atoms with Crippen LogP contribution in [-0.4, -0.2) is 60.7 Å². The van der Waals surface area contributed by atoms with Gasteiger partial charge in [-0.3, -0.25) is 14.7 Å². The van der Waals surface area contributed by atoms with Crippen molar-refractivity contribution in [2.75, 3.05) is 36.5 Å². The smallest absolute Gasteiger partial charge is 0.297 e. The maximum Gasteiger partial charge on any atom is 0.297 e. The fourth-order valence-electron chi connectivity index (χ4n) is 4.43. The van der Waals surface area contributed by atoms with Crippen LogP contribution in [0.15, 0.2) is 42.7 Å². The van der Waals surface area contributed by atoms with Crippen molar-refractivity contribution in [3.63, 3.8) is 0 Å². The highest BCUT2D eigenvalue weighted by Crippen LogP contribution is 2.27. The van der Waals surface area contributed by atoms with E-state index >= 15 is 0 Å². The van der Waals surface area contributed by atoms with Gasteiger partial charge < -0.3 is 19.9 Å². The van der Waals surface area contributed by atoms with Gasteiger partial charge in [0.1, 0.15) is 18.0 Å². The maximum atomic E-state index is 14.2. The average Bonchev–Trinajstić information content (AvgIpc) is 3.51. The molecule has 37 heavy (non-hydrogen) atoms. The summed E-state index contributed by atoms with van der Waals surface area (Å²) < 4.78 is 21.4. The lowest BCUT2D eigenvalue weighted by molar-refractivity contribution is -0.383. The van der Waals surface area contributed by atoms with Crippen molar-refractivity contribution in [1.29, 1.82) is 0 Å². The molecular formula is C24H22FN9O3. The molecule has 0 atom stereocenters. The number of rotatable bonds is 6. The van der Waals surface area contributed by atoms with Gasteiger partial charge in [-0.1, -0.05) is 6.07 Å². The van der Waals surface area contributed by atoms with Crippen LogP contribution in [0.4, 0.5) is 21.8 Å². The van der Waals surface area contributed by atoms with Gasteiger partial charge in [0.15, 0.2) is 22.5 Å². The molecule has 1 aliphatic rings. The van der Waals surface area contributed by atoms with Crippen molar-refractivity contribution in [2.24, 2.45) is 0 Å². The largest absolute Gasteiger partial charge is 0.378 e. The van der Waals surface area contributed by atoms with Gasteiger partial charge in [0.05, 0.1) is 35.9 Å². The second kappa shape index (κ2) is 9.09. The molecule has 0 saturated carbocycles. The number of para-hydroxylation sites is 1. The summed E-state index contributed by atoms with van der Waals surface area (Å²) in [6, 6.07) is 9.51. The third-order valence-corrected chi connectivity index (χ3v) is 6.14. The van der Waals surface area contributed by atoms with E-state index in [2.05, 4.69) is 20.3 Å². The van der Waals surface area contributed by atoms with Gasteiger partial charge in [-0.25, -0.2) is 14.4 Å². The number of imidazole rings is 2. The molecule has 1 fully saturated rings. The van der Waals surface area contributed by atoms with Crippen LogP contribution in [0, 0.1) is 22.9 Å². The lowest BCUT2D eigenvalue weighted by atomic mass is 10.2. The van der Waals surface area contributed by atoms with Crippen LogP contribution >= 0.6 is 0 Å². The lowest BCUT2D eigenvalue weighted by Crippen LogP contribution is -2.37. The number of fused-ring (bicyclic) bond motifs is 2. The van der Waals surface area contributed by atoms with E-state index in [-0.39, 0.29) is 23.6 Å². The van der Waals surface area contributed by atoms with E-state index in [1.54, 1.807) is 23.0 Å². The van der Waals surface area contributed by atoms with Gasteiger partial charge in [0, 0.05) is 19.2 Å². The standard InChI is InChI=1S/C24H22FN9O3/c1-14-9-15(25)11-16(10-14)33-13-27-21-22(30-24(31-23(21)33)32-5-7-37-8-6-32)26-12-19-28-17-3-2-4-18(34(35)36)20(17)29-19/h2-4,9-11,13H,5-8,12H2,1H3,(H,28,29)(H,26,30,31). The number of aromatic nitrogens is 6. The summed E-state index contributed by atoms with van der Waals surface area (Å²) in [5.41, 5.74) is 3.18. The molecule has 13 heteroatoms. The van der Waals surface area contributed by atoms with Crippen LogP contribution in [-0.2, 0) is 11.3 Å². The number of H-pyrrole nitrogens is 1. The van der Waals surface area contributed by atoms with Crippen molar-refractivity contribution in [2.45, 2.75) is 13.5 Å². The Morgan fingerprint density at radius 2 is 2.00 bits per heavy atom. The minimum absolute atomic E-state index is 0.0665. The zero-order valence-electron chi connectivity index (χ0n) is 19.8. The Hall–Kier alpha value is -4.65. The first-order valence-corrected chi connectivity index (χ1v) is 11.7. The number of ether oxygens (including phenoxy) is 1. The number of halogens is 1. The summed E-state index contributed by atoms with van der Waals surface area (Å²) >= 11 is 0. The van der Waals surface area contributed by atoms with E-state index in [0.717, 1.165) is 5.56 Å². The molecule has 3 aromatic heterocycles. The molecule has 0 aliphatic carbocycles. The first-order valence-electron chi connectivity index (χ1n) is 11.7. The second-order valence-electron chi connectivity index (χ2n) is 8.71. The van der Waals surface area contributed by atoms with Crippen LogP contribution in [0.5, 0.6) is 0 Å². The number of anilines is 2. The molecule has 2 aromatic carbocycles. The molecule has 4 heterocycles. The maximum absolute atomic E-state index is 14.2. The number of non-ortho nitro benzene ring substituents is 1. The Balaban J connectivity index is 1.40. The van der Waals surface area contributed by atoms with Gasteiger partial charge in [-0.05, 0) is 36.8 Å². The Labute approximate surface area is 209 Å². The summed E-state index contributed by atoms with van der Waals surface area (Å²) in [6.07, 6.45) is 1.59. The first-order chi connectivity index (χ1) is 18.0. The van der Waals surface area contributed by atoms with Gasteiger partial charge in [0.25, 0.3) is 5.69 Å². The minimum atomic E-state index is -0.455. The second-order valence-corrected chi connectivity index (χ2v) is 8.71. The number of morpholine rings is 1. The van der Waals surface area contributed by atoms with Crippen LogP contribution < -0.4 is 10.2 Å². The zero-order valence-corrected chi connectivity index (χ0v) is 19.8. The number of nitro groups is 1. The fourth-order valence-corrected chi connectivity index (χ4v) is 4.43. The summed E-state index contributed by atoms with van der Waals surface area (Å²) in [4.78, 5) is 34.5. The van der Waals surface area contributed by atoms with Gasteiger partial charge in [-0.2, -0.15) is 9.97 Å². The van der Waals surface area contributed by atoms with Crippen molar-refractivity contribution in [3.8, 4) is 5.69 Å².